The number of hydrogen-bond acceptors (Lipinski definition) is 21. The molecule has 0 spiro atoms. The van der Waals surface area contributed by atoms with E-state index in [4.69, 9.17) is 86.0 Å². The van der Waals surface area contributed by atoms with Crippen molar-refractivity contribution in [3.8, 4) is 0 Å². The summed E-state index contributed by atoms with van der Waals surface area (Å²) in [6.45, 7) is 24.7. The lowest BCUT2D eigenvalue weighted by Crippen LogP contribution is -2.53. The maximum Gasteiger partial charge on any atom is 0.314 e. The molecule has 6 rings (SSSR count). The number of carboxylic acid groups (broad SMARTS) is 2. The van der Waals surface area contributed by atoms with Gasteiger partial charge in [-0.15, -0.1) is 0 Å². The summed E-state index contributed by atoms with van der Waals surface area (Å²) in [7, 11) is 1.71. The van der Waals surface area contributed by atoms with E-state index < -0.39 is 98.7 Å². The molecule has 0 saturated carbocycles. The minimum atomic E-state index is -1.39. The highest BCUT2D eigenvalue weighted by Crippen LogP contribution is 2.32. The van der Waals surface area contributed by atoms with E-state index in [0.717, 1.165) is 17.1 Å². The van der Waals surface area contributed by atoms with Crippen molar-refractivity contribution in [2.24, 2.45) is 32.9 Å². The number of nitrogens with two attached hydrogens (primary N) is 1. The molecule has 87 heavy (non-hydrogen) atoms. The smallest absolute Gasteiger partial charge is 0.314 e. The molecule has 0 atom stereocenters. The average Bonchev–Trinajstić information content (AvgIpc) is 2.81. The molecule has 3 aliphatic rings. The standard InChI is InChI=1S/C14H20N2O3.C11H16N2O3.C8H13ClO3.C8H14O4.C6H8N2.C5H10O4.C5H12O.CCl2O.H2O/c1-13(2)18-9-14(3,10-19-13)12(17)16-15-11-7-5-4-6-8-11;1-11(7-14,8-15)10(16)13-12-9-5-3-2-4-6-9;2*1-7(2)11-4-8(3,5-12-7)6(9)10;7-8-6-4-2-1-3-5-6;1-5(2-6,3-7)4(8)9;1-5(2,3)6-4;2-1(3)4;/h4-8,15H,9-10H2,1-3H3,(H,16,17);2-6,12,14-15H,7-8H2,1H3,(H,13,16);4-5H2,1-3H3;4-5H2,1-3H3,(H,9,10);1-5,8H,7H2;6-7H,2-3H2,1H3,(H,8,9);1-4H3;;1H2. The van der Waals surface area contributed by atoms with Gasteiger partial charge in [0.2, 0.25) is 17.1 Å². The Morgan fingerprint density at radius 1 is 0.506 bits per heavy atom. The number of anilines is 3. The van der Waals surface area contributed by atoms with E-state index in [2.05, 4.69) is 50.3 Å². The number of para-hydroxylation sites is 3. The number of hydrogen-bond donors (Lipinski definition) is 12. The largest absolute Gasteiger partial charge is 0.481 e. The summed E-state index contributed by atoms with van der Waals surface area (Å²) in [4.78, 5) is 64.6. The Balaban J connectivity index is -0.000000959. The molecule has 3 aromatic carbocycles. The van der Waals surface area contributed by atoms with Gasteiger partial charge in [0, 0.05) is 12.8 Å². The van der Waals surface area contributed by atoms with Gasteiger partial charge in [-0.2, -0.15) is 0 Å². The maximum absolute atomic E-state index is 12.2. The predicted molar refractivity (Wildman–Crippen MR) is 331 cm³/mol. The van der Waals surface area contributed by atoms with Gasteiger partial charge in [-0.1, -0.05) is 54.6 Å². The zero-order valence-corrected chi connectivity index (χ0v) is 54.7. The number of halogens is 3. The van der Waals surface area contributed by atoms with Crippen LogP contribution in [0.5, 0.6) is 0 Å². The van der Waals surface area contributed by atoms with Gasteiger partial charge in [0.05, 0.1) is 99.3 Å². The molecule has 3 heterocycles. The molecule has 0 unspecified atom stereocenters. The zero-order chi connectivity index (χ0) is 66.9. The zero-order valence-electron chi connectivity index (χ0n) is 52.4. The van der Waals surface area contributed by atoms with Gasteiger partial charge in [-0.05, 0) is 168 Å². The van der Waals surface area contributed by atoms with Gasteiger partial charge in [0.15, 0.2) is 17.4 Å². The number of methoxy groups -OCH3 is 1. The third kappa shape index (κ3) is 36.0. The molecule has 15 N–H and O–H groups in total. The van der Waals surface area contributed by atoms with Crippen molar-refractivity contribution in [1.82, 2.24) is 10.9 Å². The fourth-order valence-electron chi connectivity index (χ4n) is 5.13. The maximum atomic E-state index is 12.2. The Morgan fingerprint density at radius 2 is 0.782 bits per heavy atom. The number of aliphatic carboxylic acids is 2. The number of aliphatic hydroxyl groups excluding tert-OH is 4. The van der Waals surface area contributed by atoms with Gasteiger partial charge < -0.3 is 74.7 Å². The molecule has 0 aromatic heterocycles. The van der Waals surface area contributed by atoms with Crippen LogP contribution in [0.25, 0.3) is 0 Å². The number of aliphatic hydroxyl groups is 4. The van der Waals surface area contributed by atoms with Crippen LogP contribution in [0.4, 0.5) is 21.9 Å². The van der Waals surface area contributed by atoms with Gasteiger partial charge >= 0.3 is 16.6 Å². The summed E-state index contributed by atoms with van der Waals surface area (Å²) >= 11 is 14.2. The van der Waals surface area contributed by atoms with Crippen LogP contribution >= 0.6 is 34.8 Å². The molecule has 3 saturated heterocycles. The summed E-state index contributed by atoms with van der Waals surface area (Å²) in [5.41, 5.74) is 10.9. The van der Waals surface area contributed by atoms with E-state index in [1.54, 1.807) is 46.9 Å². The molecular formula is C58H95Cl3N6O20. The van der Waals surface area contributed by atoms with Crippen molar-refractivity contribution >= 4 is 85.6 Å². The van der Waals surface area contributed by atoms with Crippen LogP contribution in [0.1, 0.15) is 96.9 Å². The monoisotopic (exact) mass is 1300 g/mol. The molecule has 2 amide bonds. The first kappa shape index (κ1) is 85.8. The fourth-order valence-corrected chi connectivity index (χ4v) is 5.24. The lowest BCUT2D eigenvalue weighted by molar-refractivity contribution is -0.280. The van der Waals surface area contributed by atoms with Crippen molar-refractivity contribution in [2.45, 2.75) is 120 Å². The van der Waals surface area contributed by atoms with E-state index in [1.165, 1.54) is 13.8 Å². The third-order valence-electron chi connectivity index (χ3n) is 12.2. The number of amides is 2. The lowest BCUT2D eigenvalue weighted by atomic mass is 9.91. The first-order valence-electron chi connectivity index (χ1n) is 26.6. The topological polar surface area (TPSA) is 406 Å². The Labute approximate surface area is 525 Å². The molecule has 29 heteroatoms. The van der Waals surface area contributed by atoms with Crippen molar-refractivity contribution in [1.29, 1.82) is 0 Å². The number of nitrogen functional groups attached to an aromatic ring is 1. The SMILES string of the molecule is CC(CO)(CO)C(=O)NNc1ccccc1.CC(CO)(CO)C(=O)O.CC1(C)OCC(C)(C(=O)Cl)CO1.CC1(C)OCC(C)(C(=O)NNc2ccccc2)CO1.CC1(C)OCC(C)(C(=O)O)CO1.COC(C)(C)C.NNc1ccccc1.O.O=C(Cl)Cl. The second kappa shape index (κ2) is 40.3. The van der Waals surface area contributed by atoms with Gasteiger partial charge in [-0.3, -0.25) is 56.3 Å². The van der Waals surface area contributed by atoms with E-state index in [1.807, 2.05) is 134 Å². The van der Waals surface area contributed by atoms with Gasteiger partial charge in [-0.25, -0.2) is 0 Å². The number of ether oxygens (including phenoxy) is 7. The summed E-state index contributed by atoms with van der Waals surface area (Å²) in [6, 6.07) is 28.1. The molecular weight excluding hydrogens is 1210 g/mol. The van der Waals surface area contributed by atoms with E-state index in [0.29, 0.717) is 26.4 Å². The molecule has 3 aliphatic heterocycles. The second-order valence-electron chi connectivity index (χ2n) is 23.2. The highest BCUT2D eigenvalue weighted by Gasteiger charge is 2.44. The Hall–Kier alpha value is -5.37. The molecule has 498 valence electrons. The van der Waals surface area contributed by atoms with Crippen molar-refractivity contribution in [3.05, 3.63) is 91.0 Å². The molecule has 0 radical (unpaired) electrons. The third-order valence-corrected chi connectivity index (χ3v) is 12.6. The highest BCUT2D eigenvalue weighted by atomic mass is 35.5. The molecule has 3 aromatic rings. The number of rotatable bonds is 14. The van der Waals surface area contributed by atoms with Crippen LogP contribution in [0.2, 0.25) is 0 Å². The van der Waals surface area contributed by atoms with Crippen LogP contribution in [0.3, 0.4) is 0 Å². The predicted octanol–water partition coefficient (Wildman–Crippen LogP) is 6.67. The summed E-state index contributed by atoms with van der Waals surface area (Å²) in [6.07, 6.45) is 0. The number of carboxylic acids is 2. The van der Waals surface area contributed by atoms with Crippen LogP contribution in [-0.2, 0) is 57.1 Å². The average molecular weight is 1300 g/mol. The Morgan fingerprint density at radius 3 is 1.01 bits per heavy atom. The van der Waals surface area contributed by atoms with Gasteiger partial charge in [0.25, 0.3) is 0 Å². The fraction of sp³-hybridized carbons (Fsp3) is 0.586. The van der Waals surface area contributed by atoms with Crippen molar-refractivity contribution < 1.29 is 98.0 Å². The highest BCUT2D eigenvalue weighted by molar-refractivity contribution is 6.93. The Kier molecular flexibility index (Phi) is 39.8. The molecule has 3 fully saturated rings. The number of nitrogens with one attached hydrogen (secondary N) is 5. The molecule has 26 nitrogen and oxygen atoms in total. The van der Waals surface area contributed by atoms with Crippen LogP contribution in [-0.4, -0.2) is 166 Å². The van der Waals surface area contributed by atoms with E-state index in [9.17, 15) is 24.0 Å². The lowest BCUT2D eigenvalue weighted by Gasteiger charge is -2.40. The van der Waals surface area contributed by atoms with E-state index in [-0.39, 0.29) is 30.2 Å². The molecule has 0 aliphatic carbocycles. The van der Waals surface area contributed by atoms with Crippen LogP contribution in [0.15, 0.2) is 91.0 Å². The second-order valence-corrected chi connectivity index (χ2v) is 24.4. The van der Waals surface area contributed by atoms with Crippen LogP contribution < -0.4 is 33.0 Å². The summed E-state index contributed by atoms with van der Waals surface area (Å²) in [5, 5.41) is 51.6. The minimum Gasteiger partial charge on any atom is -0.481 e. The summed E-state index contributed by atoms with van der Waals surface area (Å²) < 4.78 is 36.2. The number of hydrazine groups is 3. The first-order valence-corrected chi connectivity index (χ1v) is 27.8. The first-order chi connectivity index (χ1) is 39.5. The number of carbonyl (C=O) groups is 6. The summed E-state index contributed by atoms with van der Waals surface area (Å²) in [5.74, 6) is 0.578. The Bertz CT molecular complexity index is 2370. The molecule has 0 bridgehead atoms. The quantitative estimate of drug-likeness (QED) is 0.0455. The van der Waals surface area contributed by atoms with E-state index >= 15 is 0 Å². The number of benzene rings is 3. The van der Waals surface area contributed by atoms with Crippen molar-refractivity contribution in [2.75, 3.05) is 89.5 Å². The minimum absolute atomic E-state index is 0. The van der Waals surface area contributed by atoms with Crippen molar-refractivity contribution in [3.63, 3.8) is 0 Å². The van der Waals surface area contributed by atoms with Crippen LogP contribution in [0, 0.1) is 27.1 Å². The number of carbonyl (C=O) groups excluding carboxylic acids is 4. The normalized spacial score (nSPS) is 17.0. The van der Waals surface area contributed by atoms with Gasteiger partial charge in [0.1, 0.15) is 10.8 Å².